The lowest BCUT2D eigenvalue weighted by Gasteiger charge is -2.25. The smallest absolute Gasteiger partial charge is 0.260 e. The van der Waals surface area contributed by atoms with Crippen LogP contribution in [0.4, 0.5) is 0 Å². The number of benzene rings is 1. The standard InChI is InChI=1S/C20H30ClN3O3/c1-4-23(5-2)19(25)14-22-9-6-10-24(12-11-22)20(26)15-27-18-8-7-17(21)13-16(18)3/h7-8,13H,4-6,9-12,14-15H2,1-3H3. The molecule has 6 nitrogen and oxygen atoms in total. The van der Waals surface area contributed by atoms with E-state index in [9.17, 15) is 9.59 Å². The molecule has 1 fully saturated rings. The first kappa shape index (κ1) is 21.5. The summed E-state index contributed by atoms with van der Waals surface area (Å²) < 4.78 is 5.68. The summed E-state index contributed by atoms with van der Waals surface area (Å²) in [6.45, 7) is 10.6. The molecule has 150 valence electrons. The fourth-order valence-corrected chi connectivity index (χ4v) is 3.48. The molecule has 0 radical (unpaired) electrons. The summed E-state index contributed by atoms with van der Waals surface area (Å²) in [4.78, 5) is 30.6. The number of halogens is 1. The number of ether oxygens (including phenoxy) is 1. The van der Waals surface area contributed by atoms with Gasteiger partial charge in [-0.2, -0.15) is 0 Å². The summed E-state index contributed by atoms with van der Waals surface area (Å²) >= 11 is 5.94. The first-order chi connectivity index (χ1) is 12.9. The van der Waals surface area contributed by atoms with Gasteiger partial charge in [0, 0.05) is 44.3 Å². The van der Waals surface area contributed by atoms with Crippen molar-refractivity contribution in [2.75, 3.05) is 52.4 Å². The van der Waals surface area contributed by atoms with E-state index >= 15 is 0 Å². The molecular formula is C20H30ClN3O3. The SMILES string of the molecule is CCN(CC)C(=O)CN1CCCN(C(=O)COc2ccc(Cl)cc2C)CC1. The molecule has 0 unspecified atom stereocenters. The number of carbonyl (C=O) groups is 2. The molecule has 0 bridgehead atoms. The first-order valence-corrected chi connectivity index (χ1v) is 9.99. The minimum Gasteiger partial charge on any atom is -0.483 e. The summed E-state index contributed by atoms with van der Waals surface area (Å²) in [5.74, 6) is 0.802. The second kappa shape index (κ2) is 10.5. The molecule has 1 aliphatic heterocycles. The van der Waals surface area contributed by atoms with Gasteiger partial charge in [-0.1, -0.05) is 11.6 Å². The summed E-state index contributed by atoms with van der Waals surface area (Å²) in [5, 5.41) is 0.651. The van der Waals surface area contributed by atoms with E-state index in [1.54, 1.807) is 12.1 Å². The number of amides is 2. The van der Waals surface area contributed by atoms with Crippen molar-refractivity contribution in [1.82, 2.24) is 14.7 Å². The number of aryl methyl sites for hydroxylation is 1. The largest absolute Gasteiger partial charge is 0.483 e. The number of nitrogens with zero attached hydrogens (tertiary/aromatic N) is 3. The van der Waals surface area contributed by atoms with Crippen LogP contribution in [0.5, 0.6) is 5.75 Å². The molecule has 27 heavy (non-hydrogen) atoms. The Bertz CT molecular complexity index is 649. The maximum Gasteiger partial charge on any atom is 0.260 e. The number of rotatable bonds is 7. The molecule has 1 aliphatic rings. The Morgan fingerprint density at radius 1 is 1.15 bits per heavy atom. The predicted octanol–water partition coefficient (Wildman–Crippen LogP) is 2.43. The molecule has 0 aliphatic carbocycles. The normalized spacial score (nSPS) is 15.3. The van der Waals surface area contributed by atoms with Gasteiger partial charge in [-0.3, -0.25) is 14.5 Å². The van der Waals surface area contributed by atoms with Crippen LogP contribution in [0.1, 0.15) is 25.8 Å². The summed E-state index contributed by atoms with van der Waals surface area (Å²) in [7, 11) is 0. The Morgan fingerprint density at radius 3 is 2.56 bits per heavy atom. The van der Waals surface area contributed by atoms with E-state index in [1.165, 1.54) is 0 Å². The van der Waals surface area contributed by atoms with E-state index in [0.29, 0.717) is 37.0 Å². The highest BCUT2D eigenvalue weighted by Gasteiger charge is 2.22. The van der Waals surface area contributed by atoms with E-state index in [1.807, 2.05) is 36.6 Å². The third-order valence-corrected chi connectivity index (χ3v) is 5.14. The Labute approximate surface area is 167 Å². The number of carbonyl (C=O) groups excluding carboxylic acids is 2. The molecule has 2 amide bonds. The second-order valence-electron chi connectivity index (χ2n) is 6.78. The number of likely N-dealkylation sites (N-methyl/N-ethyl adjacent to an activating group) is 1. The van der Waals surface area contributed by atoms with Crippen LogP contribution in [0.15, 0.2) is 18.2 Å². The predicted molar refractivity (Wildman–Crippen MR) is 107 cm³/mol. The fraction of sp³-hybridized carbons (Fsp3) is 0.600. The lowest BCUT2D eigenvalue weighted by atomic mass is 10.2. The van der Waals surface area contributed by atoms with Crippen LogP contribution in [0.3, 0.4) is 0 Å². The zero-order valence-electron chi connectivity index (χ0n) is 16.5. The molecule has 0 N–H and O–H groups in total. The summed E-state index contributed by atoms with van der Waals surface area (Å²) in [6.07, 6.45) is 0.858. The van der Waals surface area contributed by atoms with E-state index in [0.717, 1.165) is 31.6 Å². The maximum absolute atomic E-state index is 12.5. The molecule has 0 aromatic heterocycles. The second-order valence-corrected chi connectivity index (χ2v) is 7.21. The molecule has 0 spiro atoms. The molecular weight excluding hydrogens is 366 g/mol. The minimum absolute atomic E-state index is 0.0147. The highest BCUT2D eigenvalue weighted by Crippen LogP contribution is 2.21. The van der Waals surface area contributed by atoms with Crippen LogP contribution in [0, 0.1) is 6.92 Å². The van der Waals surface area contributed by atoms with E-state index in [2.05, 4.69) is 4.90 Å². The molecule has 0 saturated carbocycles. The quantitative estimate of drug-likeness (QED) is 0.711. The lowest BCUT2D eigenvalue weighted by Crippen LogP contribution is -2.42. The first-order valence-electron chi connectivity index (χ1n) is 9.61. The monoisotopic (exact) mass is 395 g/mol. The van der Waals surface area contributed by atoms with Gasteiger partial charge in [0.25, 0.3) is 5.91 Å². The van der Waals surface area contributed by atoms with Gasteiger partial charge in [-0.15, -0.1) is 0 Å². The minimum atomic E-state index is -0.0266. The molecule has 1 heterocycles. The van der Waals surface area contributed by atoms with Crippen molar-refractivity contribution in [1.29, 1.82) is 0 Å². The van der Waals surface area contributed by atoms with Crippen LogP contribution in [-0.2, 0) is 9.59 Å². The summed E-state index contributed by atoms with van der Waals surface area (Å²) in [5.41, 5.74) is 0.909. The molecule has 1 aromatic carbocycles. The Kier molecular flexibility index (Phi) is 8.38. The van der Waals surface area contributed by atoms with Crippen LogP contribution in [0.2, 0.25) is 5.02 Å². The van der Waals surface area contributed by atoms with Crippen molar-refractivity contribution in [3.05, 3.63) is 28.8 Å². The van der Waals surface area contributed by atoms with Crippen LogP contribution >= 0.6 is 11.6 Å². The molecule has 1 aromatic rings. The topological polar surface area (TPSA) is 53.1 Å². The van der Waals surface area contributed by atoms with E-state index < -0.39 is 0 Å². The van der Waals surface area contributed by atoms with Crippen molar-refractivity contribution in [2.45, 2.75) is 27.2 Å². The van der Waals surface area contributed by atoms with E-state index in [-0.39, 0.29) is 18.4 Å². The Balaban J connectivity index is 1.82. The number of hydrogen-bond donors (Lipinski definition) is 0. The Hall–Kier alpha value is -1.79. The van der Waals surface area contributed by atoms with Crippen molar-refractivity contribution >= 4 is 23.4 Å². The van der Waals surface area contributed by atoms with Gasteiger partial charge >= 0.3 is 0 Å². The third kappa shape index (κ3) is 6.40. The van der Waals surface area contributed by atoms with Crippen molar-refractivity contribution in [3.63, 3.8) is 0 Å². The molecule has 2 rings (SSSR count). The van der Waals surface area contributed by atoms with Crippen molar-refractivity contribution in [2.24, 2.45) is 0 Å². The van der Waals surface area contributed by atoms with Crippen molar-refractivity contribution in [3.8, 4) is 5.75 Å². The van der Waals surface area contributed by atoms with Crippen LogP contribution < -0.4 is 4.74 Å². The lowest BCUT2D eigenvalue weighted by molar-refractivity contribution is -0.133. The third-order valence-electron chi connectivity index (χ3n) is 4.90. The fourth-order valence-electron chi connectivity index (χ4n) is 3.25. The van der Waals surface area contributed by atoms with Gasteiger partial charge in [0.1, 0.15) is 5.75 Å². The molecule has 0 atom stereocenters. The highest BCUT2D eigenvalue weighted by molar-refractivity contribution is 6.30. The highest BCUT2D eigenvalue weighted by atomic mass is 35.5. The van der Waals surface area contributed by atoms with Gasteiger partial charge < -0.3 is 14.5 Å². The van der Waals surface area contributed by atoms with Gasteiger partial charge in [0.05, 0.1) is 6.54 Å². The number of hydrogen-bond acceptors (Lipinski definition) is 4. The van der Waals surface area contributed by atoms with Crippen LogP contribution in [-0.4, -0.2) is 78.9 Å². The Morgan fingerprint density at radius 2 is 1.89 bits per heavy atom. The summed E-state index contributed by atoms with van der Waals surface area (Å²) in [6, 6.07) is 5.36. The molecule has 1 saturated heterocycles. The maximum atomic E-state index is 12.5. The average Bonchev–Trinajstić information content (AvgIpc) is 2.87. The molecule has 7 heteroatoms. The van der Waals surface area contributed by atoms with Crippen molar-refractivity contribution < 1.29 is 14.3 Å². The van der Waals surface area contributed by atoms with Gasteiger partial charge in [-0.25, -0.2) is 0 Å². The zero-order valence-corrected chi connectivity index (χ0v) is 17.3. The van der Waals surface area contributed by atoms with Gasteiger partial charge in [0.2, 0.25) is 5.91 Å². The average molecular weight is 396 g/mol. The van der Waals surface area contributed by atoms with Gasteiger partial charge in [0.15, 0.2) is 6.61 Å². The zero-order chi connectivity index (χ0) is 19.8. The van der Waals surface area contributed by atoms with Crippen LogP contribution in [0.25, 0.3) is 0 Å². The van der Waals surface area contributed by atoms with E-state index in [4.69, 9.17) is 16.3 Å². The van der Waals surface area contributed by atoms with Gasteiger partial charge in [-0.05, 0) is 51.0 Å².